The van der Waals surface area contributed by atoms with Crippen molar-refractivity contribution in [2.75, 3.05) is 0 Å². The van der Waals surface area contributed by atoms with Gasteiger partial charge in [-0.2, -0.15) is 0 Å². The highest BCUT2D eigenvalue weighted by Gasteiger charge is 2.37. The number of carbonyl (C=O) groups excluding carboxylic acids is 1. The maximum absolute atomic E-state index is 12.5. The molecule has 0 aliphatic heterocycles. The van der Waals surface area contributed by atoms with Crippen molar-refractivity contribution in [2.24, 2.45) is 23.7 Å². The Morgan fingerprint density at radius 1 is 1.00 bits per heavy atom. The van der Waals surface area contributed by atoms with E-state index in [1.807, 2.05) is 0 Å². The second-order valence-electron chi connectivity index (χ2n) is 7.73. The van der Waals surface area contributed by atoms with Crippen molar-refractivity contribution in [1.29, 1.82) is 0 Å². The lowest BCUT2D eigenvalue weighted by Crippen LogP contribution is -2.36. The first-order valence-electron chi connectivity index (χ1n) is 9.26. The quantitative estimate of drug-likeness (QED) is 0.494. The number of carbonyl (C=O) groups is 2. The van der Waals surface area contributed by atoms with E-state index in [0.717, 1.165) is 32.1 Å². The van der Waals surface area contributed by atoms with Gasteiger partial charge in [0.05, 0.1) is 11.8 Å². The molecule has 23 heavy (non-hydrogen) atoms. The summed E-state index contributed by atoms with van der Waals surface area (Å²) in [5.41, 5.74) is 0. The van der Waals surface area contributed by atoms with E-state index >= 15 is 0 Å². The minimum Gasteiger partial charge on any atom is -0.481 e. The van der Waals surface area contributed by atoms with Crippen molar-refractivity contribution in [3.8, 4) is 0 Å². The Morgan fingerprint density at radius 3 is 2.09 bits per heavy atom. The Balaban J connectivity index is 2.53. The fourth-order valence-corrected chi connectivity index (χ4v) is 3.37. The van der Waals surface area contributed by atoms with Gasteiger partial charge in [-0.3, -0.25) is 9.59 Å². The number of ether oxygens (including phenoxy) is 1. The van der Waals surface area contributed by atoms with Crippen molar-refractivity contribution in [3.05, 3.63) is 0 Å². The molecule has 0 bridgehead atoms. The molecule has 0 radical (unpaired) electrons. The number of carboxylic acids is 1. The summed E-state index contributed by atoms with van der Waals surface area (Å²) < 4.78 is 5.74. The molecule has 0 saturated heterocycles. The number of hydrogen-bond acceptors (Lipinski definition) is 3. The standard InChI is InChI=1S/C19H34O4/c1-13(2)9-5-8-12-17(14(3)4)23-19(22)16-11-7-6-10-15(16)18(20)21/h13-17H,5-12H2,1-4H3,(H,20,21). The van der Waals surface area contributed by atoms with Crippen LogP contribution in [0.1, 0.15) is 79.1 Å². The lowest BCUT2D eigenvalue weighted by molar-refractivity contribution is -0.165. The van der Waals surface area contributed by atoms with E-state index in [-0.39, 0.29) is 18.0 Å². The van der Waals surface area contributed by atoms with E-state index in [9.17, 15) is 14.7 Å². The van der Waals surface area contributed by atoms with Gasteiger partial charge in [-0.05, 0) is 37.5 Å². The Morgan fingerprint density at radius 2 is 1.57 bits per heavy atom. The number of aliphatic carboxylic acids is 1. The summed E-state index contributed by atoms with van der Waals surface area (Å²) in [5.74, 6) is -1.20. The van der Waals surface area contributed by atoms with Gasteiger partial charge in [0.1, 0.15) is 6.10 Å². The number of rotatable bonds is 9. The molecule has 0 heterocycles. The van der Waals surface area contributed by atoms with Crippen LogP contribution < -0.4 is 0 Å². The summed E-state index contributed by atoms with van der Waals surface area (Å²) in [6, 6.07) is 0. The zero-order valence-electron chi connectivity index (χ0n) is 15.2. The molecule has 0 spiro atoms. The van der Waals surface area contributed by atoms with Crippen LogP contribution in [0.4, 0.5) is 0 Å². The minimum atomic E-state index is -0.857. The molecule has 3 unspecified atom stereocenters. The van der Waals surface area contributed by atoms with Gasteiger partial charge in [0, 0.05) is 0 Å². The summed E-state index contributed by atoms with van der Waals surface area (Å²) in [7, 11) is 0. The van der Waals surface area contributed by atoms with Crippen LogP contribution in [0.5, 0.6) is 0 Å². The number of unbranched alkanes of at least 4 members (excludes halogenated alkanes) is 1. The van der Waals surface area contributed by atoms with E-state index < -0.39 is 17.8 Å². The Hall–Kier alpha value is -1.06. The third-order valence-corrected chi connectivity index (χ3v) is 4.92. The summed E-state index contributed by atoms with van der Waals surface area (Å²) in [6.07, 6.45) is 7.24. The molecule has 1 saturated carbocycles. The van der Waals surface area contributed by atoms with Gasteiger partial charge in [-0.1, -0.05) is 53.4 Å². The highest BCUT2D eigenvalue weighted by atomic mass is 16.5. The van der Waals surface area contributed by atoms with Gasteiger partial charge in [-0.15, -0.1) is 0 Å². The molecule has 134 valence electrons. The maximum Gasteiger partial charge on any atom is 0.310 e. The molecule has 0 aromatic heterocycles. The third kappa shape index (κ3) is 6.92. The lowest BCUT2D eigenvalue weighted by atomic mass is 9.79. The van der Waals surface area contributed by atoms with E-state index in [4.69, 9.17) is 4.74 Å². The molecule has 1 N–H and O–H groups in total. The molecule has 0 amide bonds. The second-order valence-corrected chi connectivity index (χ2v) is 7.73. The zero-order valence-corrected chi connectivity index (χ0v) is 15.2. The Labute approximate surface area is 141 Å². The fraction of sp³-hybridized carbons (Fsp3) is 0.895. The molecular formula is C19H34O4. The molecule has 1 rings (SSSR count). The SMILES string of the molecule is CC(C)CCCCC(OC(=O)C1CCCCC1C(=O)O)C(C)C. The van der Waals surface area contributed by atoms with E-state index in [0.29, 0.717) is 18.8 Å². The van der Waals surface area contributed by atoms with Crippen LogP contribution in [0.25, 0.3) is 0 Å². The molecule has 3 atom stereocenters. The van der Waals surface area contributed by atoms with Crippen molar-refractivity contribution >= 4 is 11.9 Å². The average Bonchev–Trinajstić information content (AvgIpc) is 2.49. The van der Waals surface area contributed by atoms with Crippen LogP contribution >= 0.6 is 0 Å². The van der Waals surface area contributed by atoms with Crippen LogP contribution in [0.2, 0.25) is 0 Å². The predicted molar refractivity (Wildman–Crippen MR) is 91.1 cm³/mol. The van der Waals surface area contributed by atoms with Gasteiger partial charge in [0.2, 0.25) is 0 Å². The number of carboxylic acid groups (broad SMARTS) is 1. The van der Waals surface area contributed by atoms with Gasteiger partial charge < -0.3 is 9.84 Å². The van der Waals surface area contributed by atoms with E-state index in [1.165, 1.54) is 6.42 Å². The first kappa shape index (κ1) is 20.0. The molecule has 0 aromatic rings. The Kier molecular flexibility index (Phi) is 8.64. The summed E-state index contributed by atoms with van der Waals surface area (Å²) in [5, 5.41) is 9.32. The fourth-order valence-electron chi connectivity index (χ4n) is 3.37. The second kappa shape index (κ2) is 9.94. The third-order valence-electron chi connectivity index (χ3n) is 4.92. The van der Waals surface area contributed by atoms with Crippen LogP contribution in [0, 0.1) is 23.7 Å². The predicted octanol–water partition coefficient (Wildman–Crippen LogP) is 4.66. The van der Waals surface area contributed by atoms with Crippen LogP contribution in [0.15, 0.2) is 0 Å². The van der Waals surface area contributed by atoms with Crippen molar-refractivity contribution in [1.82, 2.24) is 0 Å². The molecule has 4 nitrogen and oxygen atoms in total. The van der Waals surface area contributed by atoms with Crippen molar-refractivity contribution < 1.29 is 19.4 Å². The number of esters is 1. The summed E-state index contributed by atoms with van der Waals surface area (Å²) in [6.45, 7) is 8.57. The zero-order chi connectivity index (χ0) is 17.4. The van der Waals surface area contributed by atoms with Gasteiger partial charge in [-0.25, -0.2) is 0 Å². The maximum atomic E-state index is 12.5. The normalized spacial score (nSPS) is 23.0. The van der Waals surface area contributed by atoms with E-state index in [2.05, 4.69) is 27.7 Å². The van der Waals surface area contributed by atoms with Crippen LogP contribution in [-0.4, -0.2) is 23.1 Å². The highest BCUT2D eigenvalue weighted by Crippen LogP contribution is 2.32. The van der Waals surface area contributed by atoms with Crippen LogP contribution in [-0.2, 0) is 14.3 Å². The summed E-state index contributed by atoms with van der Waals surface area (Å²) >= 11 is 0. The van der Waals surface area contributed by atoms with E-state index in [1.54, 1.807) is 0 Å². The van der Waals surface area contributed by atoms with Gasteiger partial charge >= 0.3 is 11.9 Å². The first-order valence-corrected chi connectivity index (χ1v) is 9.26. The lowest BCUT2D eigenvalue weighted by Gasteiger charge is -2.30. The molecular weight excluding hydrogens is 292 g/mol. The topological polar surface area (TPSA) is 63.6 Å². The molecule has 4 heteroatoms. The molecule has 1 fully saturated rings. The highest BCUT2D eigenvalue weighted by molar-refractivity contribution is 5.81. The molecule has 0 aromatic carbocycles. The summed E-state index contributed by atoms with van der Waals surface area (Å²) in [4.78, 5) is 23.8. The van der Waals surface area contributed by atoms with Gasteiger partial charge in [0.25, 0.3) is 0 Å². The van der Waals surface area contributed by atoms with Crippen molar-refractivity contribution in [2.45, 2.75) is 85.2 Å². The van der Waals surface area contributed by atoms with Crippen molar-refractivity contribution in [3.63, 3.8) is 0 Å². The first-order chi connectivity index (χ1) is 10.8. The number of hydrogen-bond donors (Lipinski definition) is 1. The average molecular weight is 326 g/mol. The van der Waals surface area contributed by atoms with Gasteiger partial charge in [0.15, 0.2) is 0 Å². The Bertz CT molecular complexity index is 376. The molecule has 1 aliphatic carbocycles. The minimum absolute atomic E-state index is 0.0916. The largest absolute Gasteiger partial charge is 0.481 e. The monoisotopic (exact) mass is 326 g/mol. The van der Waals surface area contributed by atoms with Crippen LogP contribution in [0.3, 0.4) is 0 Å². The smallest absolute Gasteiger partial charge is 0.310 e. The molecule has 1 aliphatic rings.